The van der Waals surface area contributed by atoms with Crippen LogP contribution in [0.5, 0.6) is 0 Å². The first-order chi connectivity index (χ1) is 10.2. The molecule has 1 heterocycles. The van der Waals surface area contributed by atoms with Crippen LogP contribution in [0.4, 0.5) is 0 Å². The van der Waals surface area contributed by atoms with E-state index in [1.54, 1.807) is 17.9 Å². The second kappa shape index (κ2) is 7.27. The lowest BCUT2D eigenvalue weighted by Gasteiger charge is -2.06. The number of nitrogens with zero attached hydrogens (tertiary/aromatic N) is 2. The molecule has 0 spiro atoms. The minimum Gasteiger partial charge on any atom is -0.395 e. The number of aliphatic hydroxyl groups excluding tert-OH is 1. The summed E-state index contributed by atoms with van der Waals surface area (Å²) < 4.78 is 1.67. The van der Waals surface area contributed by atoms with Crippen LogP contribution < -0.4 is 5.32 Å². The fraction of sp³-hybridized carbons (Fsp3) is 0.250. The number of amides is 1. The zero-order valence-corrected chi connectivity index (χ0v) is 11.8. The van der Waals surface area contributed by atoms with Crippen LogP contribution in [-0.2, 0) is 13.6 Å². The largest absolute Gasteiger partial charge is 0.395 e. The van der Waals surface area contributed by atoms with Crippen molar-refractivity contribution < 1.29 is 9.90 Å². The molecule has 0 atom stereocenters. The predicted molar refractivity (Wildman–Crippen MR) is 79.4 cm³/mol. The van der Waals surface area contributed by atoms with E-state index < -0.39 is 0 Å². The van der Waals surface area contributed by atoms with E-state index in [-0.39, 0.29) is 12.5 Å². The van der Waals surface area contributed by atoms with Crippen molar-refractivity contribution in [2.24, 2.45) is 7.05 Å². The number of carbonyl (C=O) groups is 1. The van der Waals surface area contributed by atoms with Crippen molar-refractivity contribution in [2.45, 2.75) is 13.0 Å². The van der Waals surface area contributed by atoms with Crippen molar-refractivity contribution in [1.29, 1.82) is 0 Å². The number of benzene rings is 1. The number of nitrogens with one attached hydrogen (secondary N) is 1. The summed E-state index contributed by atoms with van der Waals surface area (Å²) in [5.74, 6) is 5.69. The molecule has 2 rings (SSSR count). The number of rotatable bonds is 4. The number of aryl methyl sites for hydroxylation is 1. The smallest absolute Gasteiger partial charge is 0.269 e. The molecule has 21 heavy (non-hydrogen) atoms. The summed E-state index contributed by atoms with van der Waals surface area (Å²) in [6.07, 6.45) is 3.58. The van der Waals surface area contributed by atoms with E-state index >= 15 is 0 Å². The molecule has 1 aromatic carbocycles. The summed E-state index contributed by atoms with van der Waals surface area (Å²) >= 11 is 0. The summed E-state index contributed by atoms with van der Waals surface area (Å²) in [7, 11) is 1.78. The fourth-order valence-corrected chi connectivity index (χ4v) is 1.83. The van der Waals surface area contributed by atoms with E-state index in [1.807, 2.05) is 24.3 Å². The number of aliphatic hydroxyl groups is 1. The number of hydrogen-bond acceptors (Lipinski definition) is 3. The van der Waals surface area contributed by atoms with Gasteiger partial charge in [-0.15, -0.1) is 0 Å². The second-order valence-electron chi connectivity index (χ2n) is 4.55. The standard InChI is InChI=1S/C16H17N3O2/c1-19-12-17-11-15(19)16(21)18-10-14-7-4-6-13(9-14)5-2-3-8-20/h4,6-7,9,11-12,20H,3,8,10H2,1H3,(H,18,21). The molecule has 5 heteroatoms. The maximum Gasteiger partial charge on any atom is 0.269 e. The Morgan fingerprint density at radius 1 is 1.48 bits per heavy atom. The highest BCUT2D eigenvalue weighted by Gasteiger charge is 2.08. The van der Waals surface area contributed by atoms with Gasteiger partial charge in [0.05, 0.1) is 19.1 Å². The van der Waals surface area contributed by atoms with E-state index in [2.05, 4.69) is 22.1 Å². The van der Waals surface area contributed by atoms with Gasteiger partial charge >= 0.3 is 0 Å². The topological polar surface area (TPSA) is 67.2 Å². The second-order valence-corrected chi connectivity index (χ2v) is 4.55. The van der Waals surface area contributed by atoms with Gasteiger partial charge in [0.2, 0.25) is 0 Å². The zero-order valence-electron chi connectivity index (χ0n) is 11.8. The molecule has 0 radical (unpaired) electrons. The molecule has 0 aliphatic carbocycles. The van der Waals surface area contributed by atoms with Crippen LogP contribution in [0.1, 0.15) is 28.0 Å². The number of imidazole rings is 1. The first-order valence-corrected chi connectivity index (χ1v) is 6.64. The van der Waals surface area contributed by atoms with E-state index in [1.165, 1.54) is 6.20 Å². The Morgan fingerprint density at radius 2 is 2.33 bits per heavy atom. The summed E-state index contributed by atoms with van der Waals surface area (Å²) in [6.45, 7) is 0.493. The molecule has 0 fully saturated rings. The van der Waals surface area contributed by atoms with Gasteiger partial charge in [0, 0.05) is 25.6 Å². The first-order valence-electron chi connectivity index (χ1n) is 6.64. The quantitative estimate of drug-likeness (QED) is 0.825. The van der Waals surface area contributed by atoms with Gasteiger partial charge in [-0.25, -0.2) is 4.98 Å². The minimum absolute atomic E-state index is 0.0629. The van der Waals surface area contributed by atoms with Gasteiger partial charge in [-0.2, -0.15) is 0 Å². The van der Waals surface area contributed by atoms with Crippen molar-refractivity contribution in [3.05, 3.63) is 53.6 Å². The van der Waals surface area contributed by atoms with Gasteiger partial charge in [-0.1, -0.05) is 24.0 Å². The van der Waals surface area contributed by atoms with Crippen LogP contribution in [0.3, 0.4) is 0 Å². The summed E-state index contributed by atoms with van der Waals surface area (Å²) in [6, 6.07) is 7.65. The highest BCUT2D eigenvalue weighted by atomic mass is 16.2. The van der Waals surface area contributed by atoms with E-state index in [0.29, 0.717) is 18.7 Å². The number of aromatic nitrogens is 2. The summed E-state index contributed by atoms with van der Waals surface area (Å²) in [4.78, 5) is 15.9. The molecular weight excluding hydrogens is 266 g/mol. The third-order valence-corrected chi connectivity index (χ3v) is 2.90. The maximum absolute atomic E-state index is 12.0. The Balaban J connectivity index is 1.98. The van der Waals surface area contributed by atoms with Crippen LogP contribution >= 0.6 is 0 Å². The lowest BCUT2D eigenvalue weighted by Crippen LogP contribution is -2.24. The van der Waals surface area contributed by atoms with Gasteiger partial charge in [-0.3, -0.25) is 4.79 Å². The molecule has 0 saturated carbocycles. The Labute approximate surface area is 123 Å². The van der Waals surface area contributed by atoms with Crippen molar-refractivity contribution in [2.75, 3.05) is 6.61 Å². The first kappa shape index (κ1) is 14.8. The van der Waals surface area contributed by atoms with Gasteiger partial charge in [0.1, 0.15) is 5.69 Å². The van der Waals surface area contributed by atoms with Crippen LogP contribution in [0.2, 0.25) is 0 Å². The average Bonchev–Trinajstić information content (AvgIpc) is 2.92. The predicted octanol–water partition coefficient (Wildman–Crippen LogP) is 1.08. The molecule has 2 aromatic rings. The molecule has 2 N–H and O–H groups in total. The zero-order chi connectivity index (χ0) is 15.1. The van der Waals surface area contributed by atoms with E-state index in [4.69, 9.17) is 5.11 Å². The molecule has 1 amide bonds. The number of carbonyl (C=O) groups excluding carboxylic acids is 1. The highest BCUT2D eigenvalue weighted by molar-refractivity contribution is 5.92. The lowest BCUT2D eigenvalue weighted by molar-refractivity contribution is 0.0942. The van der Waals surface area contributed by atoms with Crippen LogP contribution in [0, 0.1) is 11.8 Å². The van der Waals surface area contributed by atoms with E-state index in [0.717, 1.165) is 11.1 Å². The van der Waals surface area contributed by atoms with E-state index in [9.17, 15) is 4.79 Å². The fourth-order valence-electron chi connectivity index (χ4n) is 1.83. The third kappa shape index (κ3) is 4.20. The molecule has 0 aliphatic heterocycles. The Kier molecular flexibility index (Phi) is 5.13. The van der Waals surface area contributed by atoms with Crippen molar-refractivity contribution in [1.82, 2.24) is 14.9 Å². The molecule has 0 unspecified atom stereocenters. The molecule has 0 bridgehead atoms. The van der Waals surface area contributed by atoms with Gasteiger partial charge in [-0.05, 0) is 17.7 Å². The van der Waals surface area contributed by atoms with Gasteiger partial charge in [0.15, 0.2) is 0 Å². The van der Waals surface area contributed by atoms with Crippen LogP contribution in [-0.4, -0.2) is 27.2 Å². The van der Waals surface area contributed by atoms with Crippen molar-refractivity contribution in [3.8, 4) is 11.8 Å². The monoisotopic (exact) mass is 283 g/mol. The summed E-state index contributed by atoms with van der Waals surface area (Å²) in [5, 5.41) is 11.5. The normalized spacial score (nSPS) is 9.81. The van der Waals surface area contributed by atoms with Crippen LogP contribution in [0.15, 0.2) is 36.8 Å². The summed E-state index contributed by atoms with van der Waals surface area (Å²) in [5.41, 5.74) is 2.37. The van der Waals surface area contributed by atoms with Crippen LogP contribution in [0.25, 0.3) is 0 Å². The maximum atomic E-state index is 12.0. The van der Waals surface area contributed by atoms with Gasteiger partial charge < -0.3 is 15.0 Å². The Morgan fingerprint density at radius 3 is 3.05 bits per heavy atom. The molecule has 0 saturated heterocycles. The minimum atomic E-state index is -0.160. The highest BCUT2D eigenvalue weighted by Crippen LogP contribution is 2.05. The number of hydrogen-bond donors (Lipinski definition) is 2. The SMILES string of the molecule is Cn1cncc1C(=O)NCc1cccc(C#CCCO)c1. The van der Waals surface area contributed by atoms with Crippen molar-refractivity contribution in [3.63, 3.8) is 0 Å². The third-order valence-electron chi connectivity index (χ3n) is 2.90. The average molecular weight is 283 g/mol. The molecular formula is C16H17N3O2. The molecule has 1 aromatic heterocycles. The lowest BCUT2D eigenvalue weighted by atomic mass is 10.1. The molecule has 0 aliphatic rings. The Hall–Kier alpha value is -2.58. The Bertz CT molecular complexity index is 680. The van der Waals surface area contributed by atoms with Gasteiger partial charge in [0.25, 0.3) is 5.91 Å². The van der Waals surface area contributed by atoms with Crippen molar-refractivity contribution >= 4 is 5.91 Å². The molecule has 108 valence electrons. The molecule has 5 nitrogen and oxygen atoms in total.